The molecule has 0 unspecified atom stereocenters. The molecule has 138 valence electrons. The SMILES string of the molecule is NC(=O)c1cccc2c1C1(OC2=O)c2ccc(O)cc2Oc2cc(O)ccc21. The second-order valence-corrected chi connectivity index (χ2v) is 6.63. The molecule has 0 saturated heterocycles. The normalized spacial score (nSPS) is 15.2. The summed E-state index contributed by atoms with van der Waals surface area (Å²) in [6.45, 7) is 0. The van der Waals surface area contributed by atoms with E-state index in [2.05, 4.69) is 0 Å². The smallest absolute Gasteiger partial charge is 0.340 e. The summed E-state index contributed by atoms with van der Waals surface area (Å²) >= 11 is 0. The van der Waals surface area contributed by atoms with Gasteiger partial charge in [0.25, 0.3) is 0 Å². The predicted octanol–water partition coefficient (Wildman–Crippen LogP) is 2.76. The maximum atomic E-state index is 12.8. The lowest BCUT2D eigenvalue weighted by atomic mass is 9.75. The summed E-state index contributed by atoms with van der Waals surface area (Å²) in [6, 6.07) is 13.4. The van der Waals surface area contributed by atoms with Gasteiger partial charge in [-0.15, -0.1) is 0 Å². The van der Waals surface area contributed by atoms with Crippen molar-refractivity contribution in [3.63, 3.8) is 0 Å². The van der Waals surface area contributed by atoms with E-state index in [0.29, 0.717) is 16.7 Å². The first-order valence-electron chi connectivity index (χ1n) is 8.43. The summed E-state index contributed by atoms with van der Waals surface area (Å²) in [7, 11) is 0. The van der Waals surface area contributed by atoms with Crippen molar-refractivity contribution in [2.45, 2.75) is 5.60 Å². The van der Waals surface area contributed by atoms with Crippen LogP contribution in [0.25, 0.3) is 0 Å². The molecule has 7 nitrogen and oxygen atoms in total. The predicted molar refractivity (Wildman–Crippen MR) is 96.5 cm³/mol. The number of nitrogens with two attached hydrogens (primary N) is 1. The van der Waals surface area contributed by atoms with Gasteiger partial charge in [0.1, 0.15) is 23.0 Å². The van der Waals surface area contributed by atoms with Crippen molar-refractivity contribution >= 4 is 11.9 Å². The van der Waals surface area contributed by atoms with Crippen molar-refractivity contribution in [3.8, 4) is 23.0 Å². The van der Waals surface area contributed by atoms with Crippen LogP contribution in [-0.4, -0.2) is 22.1 Å². The van der Waals surface area contributed by atoms with Gasteiger partial charge in [0, 0.05) is 34.4 Å². The minimum Gasteiger partial charge on any atom is -0.508 e. The molecule has 0 aliphatic carbocycles. The highest BCUT2D eigenvalue weighted by Gasteiger charge is 2.55. The van der Waals surface area contributed by atoms with E-state index in [1.54, 1.807) is 24.3 Å². The molecule has 2 aliphatic rings. The average Bonchev–Trinajstić information content (AvgIpc) is 2.95. The lowest BCUT2D eigenvalue weighted by Crippen LogP contribution is -2.35. The fourth-order valence-electron chi connectivity index (χ4n) is 3.97. The van der Waals surface area contributed by atoms with Crippen LogP contribution >= 0.6 is 0 Å². The Morgan fingerprint density at radius 1 is 0.929 bits per heavy atom. The molecule has 3 aromatic carbocycles. The highest BCUT2D eigenvalue weighted by atomic mass is 16.6. The number of aromatic hydroxyl groups is 2. The summed E-state index contributed by atoms with van der Waals surface area (Å²) in [5, 5.41) is 19.8. The number of carbonyl (C=O) groups excluding carboxylic acids is 2. The quantitative estimate of drug-likeness (QED) is 0.563. The minimum atomic E-state index is -1.50. The molecule has 4 N–H and O–H groups in total. The first-order chi connectivity index (χ1) is 13.4. The van der Waals surface area contributed by atoms with Crippen LogP contribution in [0, 0.1) is 0 Å². The van der Waals surface area contributed by atoms with E-state index in [-0.39, 0.29) is 34.1 Å². The number of carbonyl (C=O) groups is 2. The molecule has 28 heavy (non-hydrogen) atoms. The number of primary amides is 1. The van der Waals surface area contributed by atoms with E-state index in [1.807, 2.05) is 0 Å². The van der Waals surface area contributed by atoms with Crippen LogP contribution in [0.3, 0.4) is 0 Å². The van der Waals surface area contributed by atoms with Crippen molar-refractivity contribution in [1.82, 2.24) is 0 Å². The topological polar surface area (TPSA) is 119 Å². The third kappa shape index (κ3) is 1.92. The maximum Gasteiger partial charge on any atom is 0.340 e. The standard InChI is InChI=1S/C21H13NO6/c22-19(25)12-2-1-3-13-18(12)21(28-20(13)26)14-6-4-10(23)8-16(14)27-17-9-11(24)5-7-15(17)21/h1-9,23-24H,(H2,22,25). The summed E-state index contributed by atoms with van der Waals surface area (Å²) in [5.74, 6) is -0.953. The summed E-state index contributed by atoms with van der Waals surface area (Å²) in [6.07, 6.45) is 0. The molecule has 2 heterocycles. The number of esters is 1. The first kappa shape index (κ1) is 16.2. The second-order valence-electron chi connectivity index (χ2n) is 6.63. The van der Waals surface area contributed by atoms with Gasteiger partial charge in [0.05, 0.1) is 5.56 Å². The number of amides is 1. The minimum absolute atomic E-state index is 0.0507. The lowest BCUT2D eigenvalue weighted by Gasteiger charge is -2.37. The fraction of sp³-hybridized carbons (Fsp3) is 0.0476. The lowest BCUT2D eigenvalue weighted by molar-refractivity contribution is 0.0221. The Morgan fingerprint density at radius 2 is 1.54 bits per heavy atom. The molecular weight excluding hydrogens is 362 g/mol. The third-order valence-corrected chi connectivity index (χ3v) is 5.06. The Balaban J connectivity index is 1.95. The molecule has 1 spiro atoms. The molecule has 1 amide bonds. The summed E-state index contributed by atoms with van der Waals surface area (Å²) in [4.78, 5) is 24.9. The van der Waals surface area contributed by atoms with Crippen LogP contribution in [0.1, 0.15) is 37.4 Å². The Labute approximate surface area is 158 Å². The Hall–Kier alpha value is -4.00. The first-order valence-corrected chi connectivity index (χ1v) is 8.43. The Morgan fingerprint density at radius 3 is 2.11 bits per heavy atom. The van der Waals surface area contributed by atoms with Crippen molar-refractivity contribution < 1.29 is 29.3 Å². The van der Waals surface area contributed by atoms with Crippen molar-refractivity contribution in [3.05, 3.63) is 82.4 Å². The molecule has 2 aliphatic heterocycles. The van der Waals surface area contributed by atoms with Gasteiger partial charge in [-0.25, -0.2) is 4.79 Å². The van der Waals surface area contributed by atoms with E-state index in [9.17, 15) is 19.8 Å². The van der Waals surface area contributed by atoms with Crippen LogP contribution in [0.2, 0.25) is 0 Å². The molecule has 0 fully saturated rings. The zero-order valence-corrected chi connectivity index (χ0v) is 14.3. The van der Waals surface area contributed by atoms with E-state index < -0.39 is 17.5 Å². The largest absolute Gasteiger partial charge is 0.508 e. The number of benzene rings is 3. The molecule has 0 radical (unpaired) electrons. The number of phenols is 2. The highest BCUT2D eigenvalue weighted by molar-refractivity contribution is 6.04. The van der Waals surface area contributed by atoms with Gasteiger partial charge in [0.15, 0.2) is 5.60 Å². The molecular formula is C21H13NO6. The molecule has 0 bridgehead atoms. The van der Waals surface area contributed by atoms with Gasteiger partial charge < -0.3 is 25.4 Å². The van der Waals surface area contributed by atoms with Crippen molar-refractivity contribution in [2.24, 2.45) is 5.73 Å². The van der Waals surface area contributed by atoms with Crippen LogP contribution < -0.4 is 10.5 Å². The zero-order valence-electron chi connectivity index (χ0n) is 14.3. The fourth-order valence-corrected chi connectivity index (χ4v) is 3.97. The molecule has 0 aromatic heterocycles. The van der Waals surface area contributed by atoms with Gasteiger partial charge in [-0.1, -0.05) is 6.07 Å². The number of fused-ring (bicyclic) bond motifs is 6. The zero-order chi connectivity index (χ0) is 19.6. The maximum absolute atomic E-state index is 12.8. The van der Waals surface area contributed by atoms with E-state index in [0.717, 1.165) is 0 Å². The number of phenolic OH excluding ortho intramolecular Hbond substituents is 2. The summed E-state index contributed by atoms with van der Waals surface area (Å²) in [5.41, 5.74) is 5.64. The van der Waals surface area contributed by atoms with Gasteiger partial charge in [-0.2, -0.15) is 0 Å². The van der Waals surface area contributed by atoms with Gasteiger partial charge >= 0.3 is 5.97 Å². The van der Waals surface area contributed by atoms with Crippen LogP contribution in [0.5, 0.6) is 23.0 Å². The number of hydrogen-bond acceptors (Lipinski definition) is 6. The molecule has 3 aromatic rings. The third-order valence-electron chi connectivity index (χ3n) is 5.06. The van der Waals surface area contributed by atoms with Gasteiger partial charge in [0.2, 0.25) is 5.91 Å². The van der Waals surface area contributed by atoms with E-state index in [4.69, 9.17) is 15.2 Å². The van der Waals surface area contributed by atoms with E-state index >= 15 is 0 Å². The van der Waals surface area contributed by atoms with E-state index in [1.165, 1.54) is 30.3 Å². The number of hydrogen-bond donors (Lipinski definition) is 3. The van der Waals surface area contributed by atoms with Crippen molar-refractivity contribution in [1.29, 1.82) is 0 Å². The molecule has 7 heteroatoms. The second kappa shape index (κ2) is 5.26. The number of ether oxygens (including phenoxy) is 2. The van der Waals surface area contributed by atoms with Gasteiger partial charge in [-0.3, -0.25) is 4.79 Å². The van der Waals surface area contributed by atoms with Crippen LogP contribution in [0.4, 0.5) is 0 Å². The van der Waals surface area contributed by atoms with Crippen LogP contribution in [-0.2, 0) is 10.3 Å². The summed E-state index contributed by atoms with van der Waals surface area (Å²) < 4.78 is 11.7. The van der Waals surface area contributed by atoms with Gasteiger partial charge in [-0.05, 0) is 36.4 Å². The monoisotopic (exact) mass is 375 g/mol. The molecule has 5 rings (SSSR count). The Bertz CT molecular complexity index is 1150. The van der Waals surface area contributed by atoms with Crippen molar-refractivity contribution in [2.75, 3.05) is 0 Å². The molecule has 0 saturated carbocycles. The molecule has 0 atom stereocenters. The van der Waals surface area contributed by atoms with Crippen LogP contribution in [0.15, 0.2) is 54.6 Å². The number of rotatable bonds is 1. The Kier molecular flexibility index (Phi) is 3.04. The highest BCUT2D eigenvalue weighted by Crippen LogP contribution is 2.57. The average molecular weight is 375 g/mol.